The smallest absolute Gasteiger partial charge is 0.411 e. The van der Waals surface area contributed by atoms with E-state index in [1.54, 1.807) is 20.8 Å². The van der Waals surface area contributed by atoms with Crippen molar-refractivity contribution in [3.05, 3.63) is 11.7 Å². The molecule has 120 valence electrons. The van der Waals surface area contributed by atoms with Crippen molar-refractivity contribution >= 4 is 24.3 Å². The molecule has 1 rings (SSSR count). The Kier molecular flexibility index (Phi) is 18.0. The molecule has 0 bridgehead atoms. The first kappa shape index (κ1) is 23.8. The summed E-state index contributed by atoms with van der Waals surface area (Å²) in [7, 11) is 0. The maximum absolute atomic E-state index is 10.9. The minimum absolute atomic E-state index is 0. The van der Waals surface area contributed by atoms with Crippen LogP contribution in [-0.4, -0.2) is 40.5 Å². The van der Waals surface area contributed by atoms with Crippen molar-refractivity contribution in [1.29, 1.82) is 5.26 Å². The van der Waals surface area contributed by atoms with Gasteiger partial charge in [0.2, 0.25) is 5.89 Å². The summed E-state index contributed by atoms with van der Waals surface area (Å²) in [5, 5.41) is 17.6. The highest BCUT2D eigenvalue weighted by Gasteiger charge is 2.12. The lowest BCUT2D eigenvalue weighted by atomic mass is 10.6. The van der Waals surface area contributed by atoms with Gasteiger partial charge in [-0.15, -0.1) is 12.4 Å². The molecular formula is C10H17ClN4O6. The molecule has 0 atom stereocenters. The van der Waals surface area contributed by atoms with E-state index in [1.165, 1.54) is 6.07 Å². The lowest BCUT2D eigenvalue weighted by Crippen LogP contribution is -2.06. The molecule has 0 unspecified atom stereocenters. The fourth-order valence-electron chi connectivity index (χ4n) is 0.741. The van der Waals surface area contributed by atoms with Gasteiger partial charge in [0.05, 0.1) is 13.2 Å². The van der Waals surface area contributed by atoms with Crippen molar-refractivity contribution in [2.24, 2.45) is 5.90 Å². The van der Waals surface area contributed by atoms with E-state index < -0.39 is 11.9 Å². The predicted octanol–water partition coefficient (Wildman–Crippen LogP) is 0.384. The Morgan fingerprint density at radius 1 is 1.33 bits per heavy atom. The molecule has 0 saturated heterocycles. The number of ether oxygens (including phenoxy) is 2. The van der Waals surface area contributed by atoms with Gasteiger partial charge in [-0.3, -0.25) is 0 Å². The van der Waals surface area contributed by atoms with Gasteiger partial charge in [-0.25, -0.2) is 15.5 Å². The monoisotopic (exact) mass is 324 g/mol. The van der Waals surface area contributed by atoms with Gasteiger partial charge in [0.1, 0.15) is 0 Å². The van der Waals surface area contributed by atoms with Crippen molar-refractivity contribution in [1.82, 2.24) is 10.1 Å². The number of esters is 2. The summed E-state index contributed by atoms with van der Waals surface area (Å²) in [5.74, 6) is 2.46. The third-order valence-electron chi connectivity index (χ3n) is 1.35. The molecule has 0 aliphatic rings. The molecule has 1 aromatic rings. The van der Waals surface area contributed by atoms with Crippen LogP contribution in [0.3, 0.4) is 0 Å². The van der Waals surface area contributed by atoms with Crippen molar-refractivity contribution in [3.8, 4) is 6.07 Å². The summed E-state index contributed by atoms with van der Waals surface area (Å²) >= 11 is 0. The molecule has 10 nitrogen and oxygen atoms in total. The fraction of sp³-hybridized carbons (Fsp3) is 0.500. The minimum Gasteiger partial charge on any atom is -0.460 e. The molecule has 0 amide bonds. The summed E-state index contributed by atoms with van der Waals surface area (Å²) in [4.78, 5) is 24.4. The summed E-state index contributed by atoms with van der Waals surface area (Å²) in [6.45, 7) is 5.55. The van der Waals surface area contributed by atoms with E-state index in [1.807, 2.05) is 0 Å². The van der Waals surface area contributed by atoms with E-state index >= 15 is 0 Å². The first-order chi connectivity index (χ1) is 9.54. The van der Waals surface area contributed by atoms with Gasteiger partial charge in [0, 0.05) is 6.92 Å². The van der Waals surface area contributed by atoms with Crippen molar-refractivity contribution in [2.45, 2.75) is 20.8 Å². The summed E-state index contributed by atoms with van der Waals surface area (Å²) < 4.78 is 13.4. The number of aryl methyl sites for hydroxylation is 1. The van der Waals surface area contributed by atoms with Gasteiger partial charge in [0.15, 0.2) is 6.07 Å². The number of nitrogens with zero attached hydrogens (tertiary/aromatic N) is 3. The Bertz CT molecular complexity index is 445. The Hall–Kier alpha value is -2.22. The van der Waals surface area contributed by atoms with Gasteiger partial charge in [0.25, 0.3) is 5.82 Å². The second-order valence-corrected chi connectivity index (χ2v) is 2.69. The molecule has 1 heterocycles. The quantitative estimate of drug-likeness (QED) is 0.451. The molecule has 0 spiro atoms. The molecule has 0 radical (unpaired) electrons. The highest BCUT2D eigenvalue weighted by Crippen LogP contribution is 1.96. The first-order valence-electron chi connectivity index (χ1n) is 5.35. The van der Waals surface area contributed by atoms with E-state index in [4.69, 9.17) is 10.5 Å². The summed E-state index contributed by atoms with van der Waals surface area (Å²) in [6, 6.07) is 1.30. The second kappa shape index (κ2) is 15.8. The molecule has 0 aliphatic carbocycles. The zero-order chi connectivity index (χ0) is 16.0. The first-order valence-corrected chi connectivity index (χ1v) is 5.35. The average molecular weight is 325 g/mol. The van der Waals surface area contributed by atoms with Crippen molar-refractivity contribution < 1.29 is 28.8 Å². The van der Waals surface area contributed by atoms with Crippen molar-refractivity contribution in [3.63, 3.8) is 0 Å². The van der Waals surface area contributed by atoms with E-state index in [0.29, 0.717) is 12.5 Å². The number of nitriles is 1. The summed E-state index contributed by atoms with van der Waals surface area (Å²) in [6.07, 6.45) is 0. The van der Waals surface area contributed by atoms with E-state index in [9.17, 15) is 9.59 Å². The Morgan fingerprint density at radius 3 is 2.14 bits per heavy atom. The number of hydrogen-bond donors (Lipinski definition) is 2. The maximum Gasteiger partial charge on any atom is 0.411 e. The van der Waals surface area contributed by atoms with Gasteiger partial charge in [-0.1, -0.05) is 0 Å². The lowest BCUT2D eigenvalue weighted by molar-refractivity contribution is -0.136. The maximum atomic E-state index is 10.9. The molecule has 0 aromatic carbocycles. The third kappa shape index (κ3) is 12.6. The van der Waals surface area contributed by atoms with Gasteiger partial charge < -0.3 is 19.2 Å². The lowest BCUT2D eigenvalue weighted by Gasteiger charge is -1.93. The number of carbonyl (C=O) groups excluding carboxylic acids is 2. The van der Waals surface area contributed by atoms with Crippen LogP contribution < -0.4 is 5.90 Å². The van der Waals surface area contributed by atoms with Crippen LogP contribution in [0.15, 0.2) is 4.52 Å². The molecular weight excluding hydrogens is 308 g/mol. The molecule has 0 fully saturated rings. The molecule has 1 aromatic heterocycles. The van der Waals surface area contributed by atoms with Gasteiger partial charge >= 0.3 is 11.9 Å². The summed E-state index contributed by atoms with van der Waals surface area (Å²) in [5.41, 5.74) is 0. The molecule has 0 aliphatic heterocycles. The van der Waals surface area contributed by atoms with Crippen LogP contribution in [0.5, 0.6) is 0 Å². The second-order valence-electron chi connectivity index (χ2n) is 2.69. The minimum atomic E-state index is -0.817. The molecule has 0 saturated carbocycles. The van der Waals surface area contributed by atoms with Gasteiger partial charge in [-0.2, -0.15) is 10.2 Å². The highest BCUT2D eigenvalue weighted by atomic mass is 35.5. The Balaban J connectivity index is -0.000000285. The predicted molar refractivity (Wildman–Crippen MR) is 70.5 cm³/mol. The zero-order valence-electron chi connectivity index (χ0n) is 11.7. The van der Waals surface area contributed by atoms with E-state index in [-0.39, 0.29) is 24.8 Å². The third-order valence-corrected chi connectivity index (χ3v) is 1.35. The van der Waals surface area contributed by atoms with Crippen LogP contribution in [0.2, 0.25) is 0 Å². The zero-order valence-corrected chi connectivity index (χ0v) is 12.5. The molecule has 3 N–H and O–H groups in total. The fourth-order valence-corrected chi connectivity index (χ4v) is 0.741. The number of nitrogens with two attached hydrogens (primary N) is 1. The highest BCUT2D eigenvalue weighted by molar-refractivity contribution is 5.86. The van der Waals surface area contributed by atoms with Crippen LogP contribution in [0.25, 0.3) is 0 Å². The number of halogens is 1. The number of carbonyl (C=O) groups is 2. The van der Waals surface area contributed by atoms with Crippen LogP contribution in [0, 0.1) is 18.3 Å². The van der Waals surface area contributed by atoms with Crippen LogP contribution in [0.4, 0.5) is 0 Å². The normalized spacial score (nSPS) is 7.62. The van der Waals surface area contributed by atoms with Crippen molar-refractivity contribution in [2.75, 3.05) is 13.2 Å². The van der Waals surface area contributed by atoms with E-state index in [2.05, 4.69) is 30.0 Å². The van der Waals surface area contributed by atoms with Crippen LogP contribution in [0.1, 0.15) is 30.4 Å². The largest absolute Gasteiger partial charge is 0.460 e. The number of hydrogen-bond acceptors (Lipinski definition) is 10. The standard InChI is InChI=1S/C6H8N2O3.C4H5NO2.ClH.H3NO/c1-3-10-6(9)5-7-4(2)11-8-5;1-2-7-4(6)3-5;;1-2/h3H2,1-2H3;2H2,1H3;1H;2H,1H2. The van der Waals surface area contributed by atoms with Crippen LogP contribution in [-0.2, 0) is 14.3 Å². The van der Waals surface area contributed by atoms with Gasteiger partial charge in [-0.05, 0) is 19.0 Å². The number of aromatic nitrogens is 2. The SMILES string of the molecule is CCOC(=O)C#N.CCOC(=O)c1noc(C)n1.Cl.NO. The Labute approximate surface area is 127 Å². The average Bonchev–Trinajstić information content (AvgIpc) is 2.89. The molecule has 11 heteroatoms. The topological polar surface area (TPSA) is 162 Å². The van der Waals surface area contributed by atoms with E-state index in [0.717, 1.165) is 0 Å². The van der Waals surface area contributed by atoms with Crippen LogP contribution >= 0.6 is 12.4 Å². The number of rotatable bonds is 3. The Morgan fingerprint density at radius 2 is 1.86 bits per heavy atom. The molecule has 21 heavy (non-hydrogen) atoms.